The zero-order valence-electron chi connectivity index (χ0n) is 19.9. The number of hydrazone groups is 1. The smallest absolute Gasteiger partial charge is 0.271 e. The van der Waals surface area contributed by atoms with Crippen molar-refractivity contribution in [2.75, 3.05) is 0 Å². The van der Waals surface area contributed by atoms with Crippen LogP contribution in [-0.2, 0) is 16.9 Å². The molecule has 8 nitrogen and oxygen atoms in total. The number of aromatic nitrogens is 4. The van der Waals surface area contributed by atoms with Crippen LogP contribution in [0.25, 0.3) is 10.9 Å². The van der Waals surface area contributed by atoms with E-state index in [-0.39, 0.29) is 23.8 Å². The van der Waals surface area contributed by atoms with Gasteiger partial charge in [0.25, 0.3) is 11.5 Å². The van der Waals surface area contributed by atoms with Gasteiger partial charge in [0.2, 0.25) is 0 Å². The number of hydrogen-bond acceptors (Lipinski definition) is 6. The van der Waals surface area contributed by atoms with E-state index in [4.69, 9.17) is 0 Å². The van der Waals surface area contributed by atoms with Crippen LogP contribution in [0, 0.1) is 12.7 Å². The summed E-state index contributed by atoms with van der Waals surface area (Å²) in [4.78, 5) is 27.9. The van der Waals surface area contributed by atoms with Gasteiger partial charge >= 0.3 is 0 Å². The average molecular weight is 493 g/mol. The molecule has 1 aromatic carbocycles. The highest BCUT2D eigenvalue weighted by molar-refractivity contribution is 7.12. The minimum atomic E-state index is -0.418. The van der Waals surface area contributed by atoms with Crippen molar-refractivity contribution in [2.45, 2.75) is 52.2 Å². The molecule has 4 heterocycles. The minimum absolute atomic E-state index is 0.274. The second-order valence-corrected chi connectivity index (χ2v) is 10.5. The molecule has 0 bridgehead atoms. The van der Waals surface area contributed by atoms with Crippen LogP contribution in [0.1, 0.15) is 49.4 Å². The summed E-state index contributed by atoms with van der Waals surface area (Å²) in [5.74, 6) is -0.722. The summed E-state index contributed by atoms with van der Waals surface area (Å²) in [6.07, 6.45) is 2.13. The lowest BCUT2D eigenvalue weighted by molar-refractivity contribution is -0.133. The molecule has 4 aromatic rings. The number of aryl methyl sites for hydroxylation is 1. The Bertz CT molecular complexity index is 1500. The number of carbonyl (C=O) groups is 1. The maximum absolute atomic E-state index is 13.6. The normalized spacial score (nSPS) is 16.2. The number of thiophene rings is 1. The van der Waals surface area contributed by atoms with Gasteiger partial charge in [-0.05, 0) is 56.8 Å². The fourth-order valence-corrected chi connectivity index (χ4v) is 5.04. The summed E-state index contributed by atoms with van der Waals surface area (Å²) in [6, 6.07) is 9.55. The Balaban J connectivity index is 1.53. The van der Waals surface area contributed by atoms with Crippen LogP contribution in [0.5, 0.6) is 0 Å². The second kappa shape index (κ2) is 8.53. The SMILES string of the molecule is Cc1nn(CC(=O)N2N=C(c3cccs3)C[C@@H]2c2ccc(F)cc2)c(=O)c2c1cnn2C(C)(C)C. The third kappa shape index (κ3) is 4.18. The summed E-state index contributed by atoms with van der Waals surface area (Å²) < 4.78 is 16.4. The van der Waals surface area contributed by atoms with E-state index in [0.29, 0.717) is 23.0 Å². The molecular weight excluding hydrogens is 467 g/mol. The Morgan fingerprint density at radius 1 is 1.20 bits per heavy atom. The first-order chi connectivity index (χ1) is 16.6. The van der Waals surface area contributed by atoms with Gasteiger partial charge in [0.1, 0.15) is 17.9 Å². The van der Waals surface area contributed by atoms with Crippen molar-refractivity contribution in [3.63, 3.8) is 0 Å². The maximum atomic E-state index is 13.6. The fraction of sp³-hybridized carbons (Fsp3) is 0.320. The van der Waals surface area contributed by atoms with Crippen LogP contribution in [0.4, 0.5) is 4.39 Å². The van der Waals surface area contributed by atoms with Crippen molar-refractivity contribution in [3.05, 3.63) is 80.3 Å². The highest BCUT2D eigenvalue weighted by Gasteiger charge is 2.34. The number of hydrogen-bond donors (Lipinski definition) is 0. The number of rotatable bonds is 4. The number of carbonyl (C=O) groups excluding carboxylic acids is 1. The Labute approximate surface area is 205 Å². The van der Waals surface area contributed by atoms with Crippen LogP contribution in [0.2, 0.25) is 0 Å². The van der Waals surface area contributed by atoms with Crippen molar-refractivity contribution in [3.8, 4) is 0 Å². The second-order valence-electron chi connectivity index (χ2n) is 9.57. The van der Waals surface area contributed by atoms with Crippen LogP contribution in [-0.4, -0.2) is 36.2 Å². The van der Waals surface area contributed by atoms with E-state index in [2.05, 4.69) is 15.3 Å². The van der Waals surface area contributed by atoms with Crippen LogP contribution in [0.15, 0.2) is 57.9 Å². The molecule has 0 unspecified atom stereocenters. The zero-order chi connectivity index (χ0) is 24.9. The van der Waals surface area contributed by atoms with Gasteiger partial charge in [0.05, 0.1) is 34.1 Å². The molecule has 0 aliphatic carbocycles. The molecule has 1 aliphatic heterocycles. The highest BCUT2D eigenvalue weighted by Crippen LogP contribution is 2.34. The van der Waals surface area contributed by atoms with Crippen molar-refractivity contribution < 1.29 is 9.18 Å². The minimum Gasteiger partial charge on any atom is -0.271 e. The molecule has 10 heteroatoms. The molecule has 0 fully saturated rings. The quantitative estimate of drug-likeness (QED) is 0.427. The Kier molecular flexibility index (Phi) is 5.63. The van der Waals surface area contributed by atoms with Crippen LogP contribution < -0.4 is 5.56 Å². The van der Waals surface area contributed by atoms with Crippen LogP contribution >= 0.6 is 11.3 Å². The molecule has 0 N–H and O–H groups in total. The Morgan fingerprint density at radius 3 is 2.60 bits per heavy atom. The largest absolute Gasteiger partial charge is 0.293 e. The predicted molar refractivity (Wildman–Crippen MR) is 133 cm³/mol. The molecule has 0 saturated carbocycles. The van der Waals surface area contributed by atoms with Crippen molar-refractivity contribution >= 4 is 33.9 Å². The number of nitrogens with zero attached hydrogens (tertiary/aromatic N) is 6. The molecule has 3 aromatic heterocycles. The van der Waals surface area contributed by atoms with Gasteiger partial charge in [-0.15, -0.1) is 11.3 Å². The average Bonchev–Trinajstić information content (AvgIpc) is 3.56. The monoisotopic (exact) mass is 492 g/mol. The lowest BCUT2D eigenvalue weighted by Crippen LogP contribution is -2.36. The first-order valence-electron chi connectivity index (χ1n) is 11.3. The van der Waals surface area contributed by atoms with Crippen molar-refractivity contribution in [1.82, 2.24) is 24.6 Å². The Morgan fingerprint density at radius 2 is 1.94 bits per heavy atom. The fourth-order valence-electron chi connectivity index (χ4n) is 4.31. The summed E-state index contributed by atoms with van der Waals surface area (Å²) in [5, 5.41) is 17.4. The number of fused-ring (bicyclic) bond motifs is 1. The standard InChI is InChI=1S/C25H25FN6O2S/c1-15-18-13-27-32(25(2,3)4)23(18)24(34)30(28-15)14-22(33)31-20(16-7-9-17(26)10-8-16)12-19(29-31)21-6-5-11-35-21/h5-11,13,20H,12,14H2,1-4H3/t20-/m1/s1. The lowest BCUT2D eigenvalue weighted by Gasteiger charge is -2.23. The predicted octanol–water partition coefficient (Wildman–Crippen LogP) is 4.23. The Hall–Kier alpha value is -3.66. The molecular formula is C25H25FN6O2S. The topological polar surface area (TPSA) is 85.4 Å². The first-order valence-corrected chi connectivity index (χ1v) is 12.2. The molecule has 0 radical (unpaired) electrons. The van der Waals surface area contributed by atoms with Gasteiger partial charge < -0.3 is 0 Å². The van der Waals surface area contributed by atoms with Crippen LogP contribution in [0.3, 0.4) is 0 Å². The third-order valence-electron chi connectivity index (χ3n) is 6.01. The molecule has 180 valence electrons. The van der Waals surface area contributed by atoms with E-state index in [9.17, 15) is 14.0 Å². The van der Waals surface area contributed by atoms with Gasteiger partial charge in [-0.2, -0.15) is 15.3 Å². The molecule has 1 atom stereocenters. The number of halogens is 1. The van der Waals surface area contributed by atoms with Crippen molar-refractivity contribution in [2.24, 2.45) is 5.10 Å². The van der Waals surface area contributed by atoms with E-state index in [1.54, 1.807) is 41.3 Å². The summed E-state index contributed by atoms with van der Waals surface area (Å²) in [5.41, 5.74) is 1.78. The van der Waals surface area contributed by atoms with E-state index in [1.165, 1.54) is 21.8 Å². The summed E-state index contributed by atoms with van der Waals surface area (Å²) in [7, 11) is 0. The third-order valence-corrected chi connectivity index (χ3v) is 6.93. The van der Waals surface area contributed by atoms with Gasteiger partial charge in [0.15, 0.2) is 0 Å². The van der Waals surface area contributed by atoms with Gasteiger partial charge in [0, 0.05) is 11.8 Å². The summed E-state index contributed by atoms with van der Waals surface area (Å²) in [6.45, 7) is 7.40. The van der Waals surface area contributed by atoms with E-state index in [0.717, 1.165) is 16.2 Å². The lowest BCUT2D eigenvalue weighted by atomic mass is 10.0. The number of amides is 1. The molecule has 1 amide bonds. The molecule has 35 heavy (non-hydrogen) atoms. The van der Waals surface area contributed by atoms with Gasteiger partial charge in [-0.25, -0.2) is 14.1 Å². The van der Waals surface area contributed by atoms with Gasteiger partial charge in [-0.3, -0.25) is 14.3 Å². The molecule has 0 spiro atoms. The first kappa shape index (κ1) is 23.1. The maximum Gasteiger partial charge on any atom is 0.293 e. The zero-order valence-corrected chi connectivity index (χ0v) is 20.7. The van der Waals surface area contributed by atoms with E-state index < -0.39 is 11.6 Å². The van der Waals surface area contributed by atoms with Crippen molar-refractivity contribution in [1.29, 1.82) is 0 Å². The molecule has 0 saturated heterocycles. The van der Waals surface area contributed by atoms with E-state index >= 15 is 0 Å². The van der Waals surface area contributed by atoms with Gasteiger partial charge in [-0.1, -0.05) is 18.2 Å². The molecule has 1 aliphatic rings. The molecule has 5 rings (SSSR count). The number of benzene rings is 1. The van der Waals surface area contributed by atoms with E-state index in [1.807, 2.05) is 38.3 Å². The summed E-state index contributed by atoms with van der Waals surface area (Å²) >= 11 is 1.54. The highest BCUT2D eigenvalue weighted by atomic mass is 32.1.